The third-order valence-electron chi connectivity index (χ3n) is 4.33. The van der Waals surface area contributed by atoms with E-state index in [1.54, 1.807) is 36.5 Å². The second-order valence-corrected chi connectivity index (χ2v) is 6.26. The third kappa shape index (κ3) is 2.99. The monoisotopic (exact) mass is 345 g/mol. The van der Waals surface area contributed by atoms with Crippen molar-refractivity contribution in [2.75, 3.05) is 11.9 Å². The van der Waals surface area contributed by atoms with E-state index < -0.39 is 5.41 Å². The van der Waals surface area contributed by atoms with Crippen LogP contribution in [-0.4, -0.2) is 23.8 Å². The van der Waals surface area contributed by atoms with E-state index in [0.29, 0.717) is 12.1 Å². The number of amides is 2. The van der Waals surface area contributed by atoms with Gasteiger partial charge >= 0.3 is 0 Å². The summed E-state index contributed by atoms with van der Waals surface area (Å²) in [6, 6.07) is 9.24. The Morgan fingerprint density at radius 3 is 2.54 bits per heavy atom. The van der Waals surface area contributed by atoms with E-state index in [0.717, 1.165) is 16.8 Å². The molecule has 1 aromatic carbocycles. The number of anilines is 1. The molecule has 0 saturated carbocycles. The Hall–Kier alpha value is -2.40. The zero-order chi connectivity index (χ0) is 16.6. The zero-order valence-corrected chi connectivity index (χ0v) is 14.7. The maximum Gasteiger partial charge on any atom is 0.251 e. The molecule has 2 heterocycles. The first-order chi connectivity index (χ1) is 10.9. The van der Waals surface area contributed by atoms with Gasteiger partial charge in [0.05, 0.1) is 5.41 Å². The number of nitrogens with zero attached hydrogens (tertiary/aromatic N) is 2. The first-order valence-corrected chi connectivity index (χ1v) is 7.51. The molecule has 1 N–H and O–H groups in total. The van der Waals surface area contributed by atoms with Crippen molar-refractivity contribution < 1.29 is 9.59 Å². The van der Waals surface area contributed by atoms with Gasteiger partial charge in [-0.15, -0.1) is 12.4 Å². The second-order valence-electron chi connectivity index (χ2n) is 6.26. The zero-order valence-electron chi connectivity index (χ0n) is 13.9. The van der Waals surface area contributed by atoms with Crippen molar-refractivity contribution in [2.24, 2.45) is 0 Å². The molecule has 3 rings (SSSR count). The Balaban J connectivity index is 0.00000208. The highest BCUT2D eigenvalue weighted by molar-refractivity contribution is 6.07. The van der Waals surface area contributed by atoms with Crippen LogP contribution >= 0.6 is 12.4 Å². The van der Waals surface area contributed by atoms with Gasteiger partial charge in [0.1, 0.15) is 0 Å². The number of fused-ring (bicyclic) bond motifs is 1. The maximum absolute atomic E-state index is 12.3. The van der Waals surface area contributed by atoms with E-state index in [4.69, 9.17) is 0 Å². The molecule has 0 bridgehead atoms. The second kappa shape index (κ2) is 6.61. The fourth-order valence-corrected chi connectivity index (χ4v) is 2.92. The van der Waals surface area contributed by atoms with E-state index in [1.165, 1.54) is 0 Å². The fraction of sp³-hybridized carbons (Fsp3) is 0.278. The lowest BCUT2D eigenvalue weighted by molar-refractivity contribution is -0.121. The predicted molar refractivity (Wildman–Crippen MR) is 95.5 cm³/mol. The molecule has 0 atom stereocenters. The molecular formula is C18H20ClN3O2. The van der Waals surface area contributed by atoms with E-state index in [1.807, 2.05) is 32.0 Å². The molecule has 0 radical (unpaired) electrons. The number of aromatic nitrogens is 1. The minimum Gasteiger partial charge on any atom is -0.348 e. The van der Waals surface area contributed by atoms with Gasteiger partial charge in [0, 0.05) is 37.2 Å². The van der Waals surface area contributed by atoms with Crippen molar-refractivity contribution in [3.8, 4) is 0 Å². The van der Waals surface area contributed by atoms with Crippen LogP contribution in [0.3, 0.4) is 0 Å². The Bertz CT molecular complexity index is 775. The largest absolute Gasteiger partial charge is 0.348 e. The number of carbonyl (C=O) groups is 2. The summed E-state index contributed by atoms with van der Waals surface area (Å²) in [6.45, 7) is 4.27. The SMILES string of the molecule is CN1C(=O)C(C)(C)c2cc(CNC(=O)c3ccncc3)ccc21.Cl. The van der Waals surface area contributed by atoms with Crippen LogP contribution in [0.4, 0.5) is 5.69 Å². The van der Waals surface area contributed by atoms with Gasteiger partial charge in [0.2, 0.25) is 5.91 Å². The molecule has 0 saturated heterocycles. The summed E-state index contributed by atoms with van der Waals surface area (Å²) >= 11 is 0. The highest BCUT2D eigenvalue weighted by atomic mass is 35.5. The number of rotatable bonds is 3. The van der Waals surface area contributed by atoms with Gasteiger partial charge in [0.15, 0.2) is 0 Å². The minimum absolute atomic E-state index is 0. The minimum atomic E-state index is -0.533. The van der Waals surface area contributed by atoms with Crippen molar-refractivity contribution in [3.05, 3.63) is 59.4 Å². The lowest BCUT2D eigenvalue weighted by atomic mass is 9.85. The standard InChI is InChI=1S/C18H19N3O2.ClH/c1-18(2)14-10-12(4-5-15(14)21(3)17(18)23)11-20-16(22)13-6-8-19-9-7-13;/h4-10H,11H2,1-3H3,(H,20,22);1H. The van der Waals surface area contributed by atoms with Crippen LogP contribution in [0.2, 0.25) is 0 Å². The summed E-state index contributed by atoms with van der Waals surface area (Å²) < 4.78 is 0. The van der Waals surface area contributed by atoms with Gasteiger partial charge in [-0.25, -0.2) is 0 Å². The molecule has 0 unspecified atom stereocenters. The highest BCUT2D eigenvalue weighted by Crippen LogP contribution is 2.40. The first kappa shape index (κ1) is 17.9. The van der Waals surface area contributed by atoms with Crippen LogP contribution in [0, 0.1) is 0 Å². The normalized spacial score (nSPS) is 14.8. The van der Waals surface area contributed by atoms with Gasteiger partial charge in [-0.2, -0.15) is 0 Å². The molecule has 0 aliphatic carbocycles. The van der Waals surface area contributed by atoms with Crippen LogP contribution in [0.1, 0.15) is 35.3 Å². The van der Waals surface area contributed by atoms with E-state index in [-0.39, 0.29) is 24.2 Å². The maximum atomic E-state index is 12.3. The molecular weight excluding hydrogens is 326 g/mol. The summed E-state index contributed by atoms with van der Waals surface area (Å²) in [5.41, 5.74) is 2.96. The number of hydrogen-bond donors (Lipinski definition) is 1. The molecule has 1 aromatic heterocycles. The molecule has 1 aliphatic rings. The van der Waals surface area contributed by atoms with E-state index in [9.17, 15) is 9.59 Å². The Morgan fingerprint density at radius 2 is 1.88 bits per heavy atom. The molecule has 2 aromatic rings. The predicted octanol–water partition coefficient (Wildman–Crippen LogP) is 2.69. The molecule has 2 amide bonds. The summed E-state index contributed by atoms with van der Waals surface area (Å²) in [4.78, 5) is 30.0. The fourth-order valence-electron chi connectivity index (χ4n) is 2.92. The summed E-state index contributed by atoms with van der Waals surface area (Å²) in [6.07, 6.45) is 3.18. The average molecular weight is 346 g/mol. The number of halogens is 1. The van der Waals surface area contributed by atoms with Crippen molar-refractivity contribution in [3.63, 3.8) is 0 Å². The molecule has 0 spiro atoms. The Kier molecular flexibility index (Phi) is 4.94. The topological polar surface area (TPSA) is 62.3 Å². The first-order valence-electron chi connectivity index (χ1n) is 7.51. The average Bonchev–Trinajstić information content (AvgIpc) is 2.74. The Morgan fingerprint density at radius 1 is 1.21 bits per heavy atom. The van der Waals surface area contributed by atoms with Crippen LogP contribution < -0.4 is 10.2 Å². The smallest absolute Gasteiger partial charge is 0.251 e. The number of pyridine rings is 1. The van der Waals surface area contributed by atoms with Crippen molar-refractivity contribution in [1.82, 2.24) is 10.3 Å². The number of nitrogens with one attached hydrogen (secondary N) is 1. The van der Waals surface area contributed by atoms with E-state index in [2.05, 4.69) is 10.3 Å². The quantitative estimate of drug-likeness (QED) is 0.930. The lowest BCUT2D eigenvalue weighted by Gasteiger charge is -2.16. The highest BCUT2D eigenvalue weighted by Gasteiger charge is 2.42. The van der Waals surface area contributed by atoms with Crippen LogP contribution in [0.25, 0.3) is 0 Å². The molecule has 0 fully saturated rings. The number of likely N-dealkylation sites (N-methyl/N-ethyl adjacent to an activating group) is 1. The molecule has 5 nitrogen and oxygen atoms in total. The van der Waals surface area contributed by atoms with E-state index >= 15 is 0 Å². The number of hydrogen-bond acceptors (Lipinski definition) is 3. The number of carbonyl (C=O) groups excluding carboxylic acids is 2. The summed E-state index contributed by atoms with van der Waals surface area (Å²) in [5, 5.41) is 2.89. The third-order valence-corrected chi connectivity index (χ3v) is 4.33. The van der Waals surface area contributed by atoms with Crippen molar-refractivity contribution in [2.45, 2.75) is 25.8 Å². The number of benzene rings is 1. The van der Waals surface area contributed by atoms with Crippen LogP contribution in [-0.2, 0) is 16.8 Å². The van der Waals surface area contributed by atoms with Gasteiger partial charge in [-0.1, -0.05) is 12.1 Å². The van der Waals surface area contributed by atoms with Crippen LogP contribution in [0.15, 0.2) is 42.7 Å². The van der Waals surface area contributed by atoms with Crippen molar-refractivity contribution in [1.29, 1.82) is 0 Å². The molecule has 24 heavy (non-hydrogen) atoms. The van der Waals surface area contributed by atoms with Gasteiger partial charge in [-0.05, 0) is 43.2 Å². The molecule has 1 aliphatic heterocycles. The van der Waals surface area contributed by atoms with Gasteiger partial charge < -0.3 is 10.2 Å². The summed E-state index contributed by atoms with van der Waals surface area (Å²) in [7, 11) is 1.79. The van der Waals surface area contributed by atoms with Crippen LogP contribution in [0.5, 0.6) is 0 Å². The van der Waals surface area contributed by atoms with Crippen molar-refractivity contribution >= 4 is 29.9 Å². The molecule has 6 heteroatoms. The molecule has 126 valence electrons. The Labute approximate surface area is 147 Å². The summed E-state index contributed by atoms with van der Waals surface area (Å²) in [5.74, 6) is -0.0502. The van der Waals surface area contributed by atoms with Gasteiger partial charge in [0.25, 0.3) is 5.91 Å². The lowest BCUT2D eigenvalue weighted by Crippen LogP contribution is -2.33. The van der Waals surface area contributed by atoms with Gasteiger partial charge in [-0.3, -0.25) is 14.6 Å².